The van der Waals surface area contributed by atoms with Crippen LogP contribution in [-0.4, -0.2) is 18.1 Å². The Labute approximate surface area is 88.4 Å². The van der Waals surface area contributed by atoms with E-state index in [2.05, 4.69) is 9.72 Å². The van der Waals surface area contributed by atoms with Crippen LogP contribution in [0.15, 0.2) is 6.07 Å². The van der Waals surface area contributed by atoms with Gasteiger partial charge in [0.05, 0.1) is 12.7 Å². The number of nitrogens with one attached hydrogen (secondary N) is 1. The Balaban J connectivity index is 3.12. The maximum absolute atomic E-state index is 11.2. The van der Waals surface area contributed by atoms with Crippen molar-refractivity contribution in [1.82, 2.24) is 4.98 Å². The van der Waals surface area contributed by atoms with E-state index in [-0.39, 0.29) is 5.41 Å². The number of halogens is 1. The molecule has 0 spiro atoms. The van der Waals surface area contributed by atoms with Crippen molar-refractivity contribution in [2.24, 2.45) is 0 Å². The molecule has 0 atom stereocenters. The SMILES string of the molecule is COC(=O)c1cc(C(C)(C)C)[nH]c1Cl. The van der Waals surface area contributed by atoms with E-state index in [4.69, 9.17) is 11.6 Å². The van der Waals surface area contributed by atoms with E-state index in [1.165, 1.54) is 7.11 Å². The lowest BCUT2D eigenvalue weighted by molar-refractivity contribution is 0.0601. The van der Waals surface area contributed by atoms with Gasteiger partial charge in [0.25, 0.3) is 0 Å². The predicted molar refractivity (Wildman–Crippen MR) is 55.8 cm³/mol. The first-order valence-corrected chi connectivity index (χ1v) is 4.71. The number of hydrogen-bond donors (Lipinski definition) is 1. The zero-order valence-electron chi connectivity index (χ0n) is 8.77. The van der Waals surface area contributed by atoms with Crippen molar-refractivity contribution in [3.8, 4) is 0 Å². The molecule has 0 fully saturated rings. The molecule has 0 saturated carbocycles. The van der Waals surface area contributed by atoms with Crippen LogP contribution < -0.4 is 0 Å². The third-order valence-electron chi connectivity index (χ3n) is 1.98. The van der Waals surface area contributed by atoms with Gasteiger partial charge in [0, 0.05) is 11.1 Å². The van der Waals surface area contributed by atoms with Gasteiger partial charge < -0.3 is 9.72 Å². The van der Waals surface area contributed by atoms with E-state index < -0.39 is 5.97 Å². The highest BCUT2D eigenvalue weighted by atomic mass is 35.5. The molecule has 1 aromatic heterocycles. The van der Waals surface area contributed by atoms with Gasteiger partial charge in [-0.05, 0) is 6.07 Å². The number of esters is 1. The van der Waals surface area contributed by atoms with Crippen molar-refractivity contribution >= 4 is 17.6 Å². The average Bonchev–Trinajstić information content (AvgIpc) is 2.45. The lowest BCUT2D eigenvalue weighted by Crippen LogP contribution is -2.11. The Hall–Kier alpha value is -0.960. The number of aromatic nitrogens is 1. The Morgan fingerprint density at radius 1 is 1.50 bits per heavy atom. The fourth-order valence-corrected chi connectivity index (χ4v) is 1.33. The van der Waals surface area contributed by atoms with Crippen molar-refractivity contribution in [2.75, 3.05) is 7.11 Å². The summed E-state index contributed by atoms with van der Waals surface area (Å²) < 4.78 is 4.60. The molecule has 0 unspecified atom stereocenters. The van der Waals surface area contributed by atoms with Crippen LogP contribution >= 0.6 is 11.6 Å². The largest absolute Gasteiger partial charge is 0.465 e. The van der Waals surface area contributed by atoms with Gasteiger partial charge in [-0.15, -0.1) is 0 Å². The first-order valence-electron chi connectivity index (χ1n) is 4.33. The summed E-state index contributed by atoms with van der Waals surface area (Å²) in [6.07, 6.45) is 0. The minimum absolute atomic E-state index is 0.0596. The molecular weight excluding hydrogens is 202 g/mol. The molecule has 1 N–H and O–H groups in total. The van der Waals surface area contributed by atoms with Gasteiger partial charge in [0.2, 0.25) is 0 Å². The van der Waals surface area contributed by atoms with Gasteiger partial charge >= 0.3 is 5.97 Å². The van der Waals surface area contributed by atoms with Crippen LogP contribution in [0.1, 0.15) is 36.8 Å². The maximum atomic E-state index is 11.2. The maximum Gasteiger partial charge on any atom is 0.340 e. The zero-order valence-corrected chi connectivity index (χ0v) is 9.53. The Bertz CT molecular complexity index is 349. The molecule has 1 heterocycles. The van der Waals surface area contributed by atoms with Crippen molar-refractivity contribution in [3.63, 3.8) is 0 Å². The molecule has 78 valence electrons. The Morgan fingerprint density at radius 3 is 2.43 bits per heavy atom. The van der Waals surface area contributed by atoms with Crippen molar-refractivity contribution < 1.29 is 9.53 Å². The minimum Gasteiger partial charge on any atom is -0.465 e. The number of methoxy groups -OCH3 is 1. The molecule has 0 aliphatic carbocycles. The summed E-state index contributed by atoms with van der Waals surface area (Å²) in [5, 5.41) is 0.335. The molecule has 3 nitrogen and oxygen atoms in total. The zero-order chi connectivity index (χ0) is 10.9. The molecule has 0 saturated heterocycles. The van der Waals surface area contributed by atoms with Crippen LogP contribution in [0.25, 0.3) is 0 Å². The number of carbonyl (C=O) groups is 1. The van der Waals surface area contributed by atoms with E-state index in [1.807, 2.05) is 20.8 Å². The summed E-state index contributed by atoms with van der Waals surface area (Å²) in [4.78, 5) is 14.2. The second-order valence-electron chi connectivity index (χ2n) is 4.15. The van der Waals surface area contributed by atoms with Gasteiger partial charge in [-0.3, -0.25) is 0 Å². The molecule has 1 aromatic rings. The van der Waals surface area contributed by atoms with Crippen LogP contribution in [0.5, 0.6) is 0 Å². The highest BCUT2D eigenvalue weighted by Gasteiger charge is 2.21. The summed E-state index contributed by atoms with van der Waals surface area (Å²) in [6, 6.07) is 1.73. The van der Waals surface area contributed by atoms with E-state index >= 15 is 0 Å². The summed E-state index contributed by atoms with van der Waals surface area (Å²) in [5.74, 6) is -0.415. The van der Waals surface area contributed by atoms with Gasteiger partial charge in [-0.2, -0.15) is 0 Å². The third kappa shape index (κ3) is 2.10. The molecule has 0 bridgehead atoms. The molecular formula is C10H14ClNO2. The number of ether oxygens (including phenoxy) is 1. The van der Waals surface area contributed by atoms with Crippen LogP contribution in [0, 0.1) is 0 Å². The van der Waals surface area contributed by atoms with Crippen molar-refractivity contribution in [3.05, 3.63) is 22.5 Å². The smallest absolute Gasteiger partial charge is 0.340 e. The number of H-pyrrole nitrogens is 1. The number of aromatic amines is 1. The second kappa shape index (κ2) is 3.65. The minimum atomic E-state index is -0.415. The quantitative estimate of drug-likeness (QED) is 0.732. The first-order chi connectivity index (χ1) is 6.36. The van der Waals surface area contributed by atoms with E-state index in [9.17, 15) is 4.79 Å². The number of hydrogen-bond acceptors (Lipinski definition) is 2. The lowest BCUT2D eigenvalue weighted by atomic mass is 9.92. The van der Waals surface area contributed by atoms with E-state index in [0.717, 1.165) is 5.69 Å². The molecule has 0 amide bonds. The second-order valence-corrected chi connectivity index (χ2v) is 4.53. The predicted octanol–water partition coefficient (Wildman–Crippen LogP) is 2.75. The highest BCUT2D eigenvalue weighted by Crippen LogP contribution is 2.26. The van der Waals surface area contributed by atoms with Crippen LogP contribution in [-0.2, 0) is 10.2 Å². The first kappa shape index (κ1) is 11.1. The summed E-state index contributed by atoms with van der Waals surface area (Å²) in [6.45, 7) is 6.11. The topological polar surface area (TPSA) is 42.1 Å². The molecule has 0 aliphatic rings. The molecule has 0 aromatic carbocycles. The number of rotatable bonds is 1. The summed E-state index contributed by atoms with van der Waals surface area (Å²) in [7, 11) is 1.34. The standard InChI is InChI=1S/C10H14ClNO2/c1-10(2,3)7-5-6(8(11)12-7)9(13)14-4/h5,12H,1-4H3. The average molecular weight is 216 g/mol. The van der Waals surface area contributed by atoms with Gasteiger partial charge in [0.1, 0.15) is 5.15 Å². The summed E-state index contributed by atoms with van der Waals surface area (Å²) >= 11 is 5.87. The lowest BCUT2D eigenvalue weighted by Gasteiger charge is -2.15. The van der Waals surface area contributed by atoms with E-state index in [1.54, 1.807) is 6.07 Å². The molecule has 14 heavy (non-hydrogen) atoms. The van der Waals surface area contributed by atoms with Gasteiger partial charge in [-0.25, -0.2) is 4.79 Å². The fraction of sp³-hybridized carbons (Fsp3) is 0.500. The van der Waals surface area contributed by atoms with Gasteiger partial charge in [0.15, 0.2) is 0 Å². The monoisotopic (exact) mass is 215 g/mol. The van der Waals surface area contributed by atoms with Crippen molar-refractivity contribution in [2.45, 2.75) is 26.2 Å². The Morgan fingerprint density at radius 2 is 2.07 bits per heavy atom. The number of carbonyl (C=O) groups excluding carboxylic acids is 1. The van der Waals surface area contributed by atoms with Crippen LogP contribution in [0.2, 0.25) is 5.15 Å². The van der Waals surface area contributed by atoms with Gasteiger partial charge in [-0.1, -0.05) is 32.4 Å². The molecule has 0 aliphatic heterocycles. The highest BCUT2D eigenvalue weighted by molar-refractivity contribution is 6.32. The molecule has 4 heteroatoms. The van der Waals surface area contributed by atoms with E-state index in [0.29, 0.717) is 10.7 Å². The van der Waals surface area contributed by atoms with Crippen molar-refractivity contribution in [1.29, 1.82) is 0 Å². The van der Waals surface area contributed by atoms with Crippen LogP contribution in [0.3, 0.4) is 0 Å². The summed E-state index contributed by atoms with van der Waals surface area (Å²) in [5.41, 5.74) is 1.25. The molecule has 1 rings (SSSR count). The van der Waals surface area contributed by atoms with Crippen LogP contribution in [0.4, 0.5) is 0 Å². The normalized spacial score (nSPS) is 11.5. The Kier molecular flexibility index (Phi) is 2.90. The fourth-order valence-electron chi connectivity index (χ4n) is 1.09. The molecule has 0 radical (unpaired) electrons. The third-order valence-corrected chi connectivity index (χ3v) is 2.28.